The summed E-state index contributed by atoms with van der Waals surface area (Å²) >= 11 is 0. The van der Waals surface area contributed by atoms with Gasteiger partial charge >= 0.3 is 6.09 Å². The van der Waals surface area contributed by atoms with E-state index >= 15 is 0 Å². The number of carbonyl (C=O) groups is 4. The van der Waals surface area contributed by atoms with E-state index in [-0.39, 0.29) is 42.4 Å². The van der Waals surface area contributed by atoms with Gasteiger partial charge in [-0.2, -0.15) is 0 Å². The first-order valence-electron chi connectivity index (χ1n) is 48.1. The molecule has 19 heteroatoms. The van der Waals surface area contributed by atoms with Crippen molar-refractivity contribution in [3.8, 4) is 17.2 Å². The van der Waals surface area contributed by atoms with Crippen molar-refractivity contribution in [2.75, 3.05) is 148 Å². The van der Waals surface area contributed by atoms with Crippen molar-refractivity contribution >= 4 is 40.5 Å². The third-order valence-corrected chi connectivity index (χ3v) is 22.1. The molecule has 0 aliphatic carbocycles. The third-order valence-electron chi connectivity index (χ3n) is 22.1. The van der Waals surface area contributed by atoms with Crippen molar-refractivity contribution in [1.29, 1.82) is 0 Å². The van der Waals surface area contributed by atoms with Gasteiger partial charge < -0.3 is 75.8 Å². The standard InChI is InChI=1S/C41H4.C30H39N3O4.C26H33N3O2.C25H31N3O2.C5H14N2.CH4/c1-3-5-7-9-11-13-15-17-19-21-23-25-27-29-31-33-35-37-39-41-40-38-36-34-32-30-28-26-24-22-20-18-16-14-12-10-8-6-4-2;1-29(2,3)37-28(35)33-19-15-30(16-20-33)21-25(24-9-6-7-10-26(24)36-30)22-11-13-23(14-12-22)27(34)31-17-8-18-32(4)5;1-3-29(18-6-15-27-2)25(30)21-11-9-20(10-12-21)23-19-26(13-16-28-17-14-26)31-24-8-5-4-7-22(23)24;1-28(2)17-5-14-27-24(29)20-10-8-19(9-11-20)22-18-25(12-15-26-16-13-25)30-23-7-4-3-6-21(22)23;1-7(2)5-3-4-6;/h1-2H2;6-7,9-14,21H,8,15-20H2,1-5H3,(H,31,34);4-5,7-12,19,27-28H,3,6,13-18H2,1-2H3;3-4,6-11,18,26H,5,12-17H2,1-2H3,(H,27,29);3-6H2,1-2H3;1H4. The van der Waals surface area contributed by atoms with Crippen molar-refractivity contribution in [3.63, 3.8) is 0 Å². The van der Waals surface area contributed by atoms with Crippen LogP contribution >= 0.6 is 0 Å². The monoisotopic (exact) mass is 1940 g/mol. The lowest BCUT2D eigenvalue weighted by atomic mass is 9.83. The number of fused-ring (bicyclic) bond motifs is 3. The summed E-state index contributed by atoms with van der Waals surface area (Å²) in [4.78, 5) is 60.6. The molecule has 147 heavy (non-hydrogen) atoms. The number of hydrogen-bond donors (Lipinski definition) is 6. The minimum Gasteiger partial charge on any atom is -0.482 e. The molecule has 6 aromatic rings. The Kier molecular flexibility index (Phi) is 51.9. The number of ether oxygens (including phenoxy) is 4. The topological polar surface area (TPSA) is 208 Å². The Labute approximate surface area is 867 Å². The number of likely N-dealkylation sites (tertiary alicyclic amines) is 1. The highest BCUT2D eigenvalue weighted by molar-refractivity contribution is 5.97. The molecule has 19 nitrogen and oxygen atoms in total. The number of nitrogens with zero attached hydrogens (tertiary/aromatic N) is 5. The third kappa shape index (κ3) is 42.7. The van der Waals surface area contributed by atoms with E-state index in [1.807, 2.05) is 153 Å². The van der Waals surface area contributed by atoms with Gasteiger partial charge in [-0.05, 0) is 373 Å². The van der Waals surface area contributed by atoms with E-state index in [1.54, 1.807) is 4.90 Å². The summed E-state index contributed by atoms with van der Waals surface area (Å²) < 4.78 is 25.1. The van der Waals surface area contributed by atoms with Crippen molar-refractivity contribution in [3.05, 3.63) is 451 Å². The first-order valence-corrected chi connectivity index (χ1v) is 48.1. The minimum atomic E-state index is -0.519. The van der Waals surface area contributed by atoms with Crippen LogP contribution < -0.4 is 46.5 Å². The second kappa shape index (κ2) is 65.6. The Bertz CT molecular complexity index is 7250. The van der Waals surface area contributed by atoms with E-state index in [1.165, 1.54) is 11.1 Å². The highest BCUT2D eigenvalue weighted by Crippen LogP contribution is 2.46. The van der Waals surface area contributed by atoms with Crippen LogP contribution in [0.3, 0.4) is 0 Å². The SMILES string of the molecule is C.C=C=C=C=C=C=C=C=C=C=C=C=C=C=C=C=C=C=C=C=C=C=C=C=C=C=C=C=C=C=C=C=C=C=C=C=C=C=C=C=C.CCN(CCCNC)C(=O)c1ccc(C2=CC3(CCNCC3)Oc3ccccc32)cc1.CN(C)CCCN.CN(C)CCCNC(=O)c1ccc(C2=CC3(CCN(C(=O)OC(C)(C)C)CC3)Oc3ccccc32)cc1.CN(C)CCCNC(=O)c1ccc(C2=CC3(CCNCC3)Oc3ccccc32)cc1. The fraction of sp³-hybridized carbons (Fsp3) is 0.320. The van der Waals surface area contributed by atoms with Crippen molar-refractivity contribution in [2.45, 2.75) is 122 Å². The van der Waals surface area contributed by atoms with Crippen LogP contribution in [0.4, 0.5) is 4.79 Å². The molecule has 4 amide bonds. The average Bonchev–Trinajstić information content (AvgIpc) is 0.826. The molecule has 6 aliphatic rings. The lowest BCUT2D eigenvalue weighted by Gasteiger charge is -2.43. The van der Waals surface area contributed by atoms with E-state index in [9.17, 15) is 19.2 Å². The van der Waals surface area contributed by atoms with Gasteiger partial charge in [0.2, 0.25) is 0 Å². The molecule has 0 atom stereocenters. The zero-order chi connectivity index (χ0) is 105. The van der Waals surface area contributed by atoms with Crippen LogP contribution in [0.15, 0.2) is 400 Å². The summed E-state index contributed by atoms with van der Waals surface area (Å²) in [7, 11) is 14.2. The zero-order valence-electron chi connectivity index (χ0n) is 85.3. The van der Waals surface area contributed by atoms with Crippen LogP contribution in [0, 0.1) is 0 Å². The number of benzene rings is 6. The maximum Gasteiger partial charge on any atom is 0.410 e. The van der Waals surface area contributed by atoms with E-state index in [0.717, 1.165) is 185 Å². The van der Waals surface area contributed by atoms with E-state index in [2.05, 4.69) is 371 Å². The quantitative estimate of drug-likeness (QED) is 0.0276. The van der Waals surface area contributed by atoms with Gasteiger partial charge in [-0.1, -0.05) is 110 Å². The lowest BCUT2D eigenvalue weighted by Crippen LogP contribution is -2.50. The molecule has 3 fully saturated rings. The summed E-state index contributed by atoms with van der Waals surface area (Å²) in [6, 6.07) is 48.4. The van der Waals surface area contributed by atoms with Crippen molar-refractivity contribution in [2.24, 2.45) is 5.73 Å². The van der Waals surface area contributed by atoms with Gasteiger partial charge in [-0.3, -0.25) is 14.4 Å². The first kappa shape index (κ1) is 116. The fourth-order valence-electron chi connectivity index (χ4n) is 15.1. The molecule has 6 aromatic carbocycles. The zero-order valence-corrected chi connectivity index (χ0v) is 85.3. The van der Waals surface area contributed by atoms with Gasteiger partial charge in [-0.25, -0.2) is 4.79 Å². The Morgan fingerprint density at radius 2 is 0.660 bits per heavy atom. The fourth-order valence-corrected chi connectivity index (χ4v) is 15.1. The molecule has 6 heterocycles. The molecule has 740 valence electrons. The van der Waals surface area contributed by atoms with Gasteiger partial charge in [0.1, 0.15) is 39.7 Å². The Hall–Kier alpha value is -17.5. The molecular weight excluding hydrogens is 1820 g/mol. The largest absolute Gasteiger partial charge is 0.482 e. The first-order chi connectivity index (χ1) is 71.0. The predicted octanol–water partition coefficient (Wildman–Crippen LogP) is 19.4. The predicted molar refractivity (Wildman–Crippen MR) is 580 cm³/mol. The number of nitrogens with one attached hydrogen (secondary N) is 5. The van der Waals surface area contributed by atoms with Crippen molar-refractivity contribution < 1.29 is 38.1 Å². The normalized spacial score (nSPS) is 12.8. The van der Waals surface area contributed by atoms with Gasteiger partial charge in [0, 0.05) is 232 Å². The molecule has 0 saturated carbocycles. The smallest absolute Gasteiger partial charge is 0.410 e. The Morgan fingerprint density at radius 3 is 0.925 bits per heavy atom. The molecular formula is C128H125N11O8. The molecule has 3 saturated heterocycles. The molecule has 7 N–H and O–H groups in total. The molecule has 12 rings (SSSR count). The molecule has 0 aromatic heterocycles. The molecule has 3 spiro atoms. The molecule has 6 aliphatic heterocycles. The van der Waals surface area contributed by atoms with Crippen LogP contribution in [-0.2, 0) is 4.74 Å². The summed E-state index contributed by atoms with van der Waals surface area (Å²) in [5.41, 5.74) is 113. The van der Waals surface area contributed by atoms with Gasteiger partial charge in [-0.15, -0.1) is 0 Å². The van der Waals surface area contributed by atoms with Crippen LogP contribution in [0.5, 0.6) is 17.2 Å². The van der Waals surface area contributed by atoms with E-state index in [4.69, 9.17) is 24.7 Å². The second-order valence-electron chi connectivity index (χ2n) is 35.0. The van der Waals surface area contributed by atoms with Gasteiger partial charge in [0.15, 0.2) is 0 Å². The molecule has 0 unspecified atom stereocenters. The highest BCUT2D eigenvalue weighted by Gasteiger charge is 2.42. The molecule has 0 radical (unpaired) electrons. The van der Waals surface area contributed by atoms with Gasteiger partial charge in [0.05, 0.1) is 0 Å². The number of nitrogens with two attached hydrogens (primary N) is 1. The molecule has 0 bridgehead atoms. The maximum atomic E-state index is 13.0. The summed E-state index contributed by atoms with van der Waals surface area (Å²) in [6.45, 7) is 26.8. The Morgan fingerprint density at radius 1 is 0.388 bits per heavy atom. The number of carbonyl (C=O) groups excluding carboxylic acids is 4. The van der Waals surface area contributed by atoms with Crippen LogP contribution in [0.1, 0.15) is 164 Å². The van der Waals surface area contributed by atoms with Crippen LogP contribution in [-0.4, -0.2) is 218 Å². The number of rotatable bonds is 22. The lowest BCUT2D eigenvalue weighted by molar-refractivity contribution is -0.00122. The van der Waals surface area contributed by atoms with Crippen molar-refractivity contribution in [1.82, 2.24) is 51.1 Å². The van der Waals surface area contributed by atoms with E-state index < -0.39 is 11.2 Å². The number of para-hydroxylation sites is 3. The maximum absolute atomic E-state index is 13.0. The Balaban J connectivity index is 0.000000260. The average molecular weight is 1950 g/mol. The number of piperidine rings is 3. The summed E-state index contributed by atoms with van der Waals surface area (Å²) in [5.74, 6) is 2.76. The summed E-state index contributed by atoms with van der Waals surface area (Å²) in [6.07, 6.45) is 15.6. The highest BCUT2D eigenvalue weighted by atomic mass is 16.6. The number of amides is 4. The number of hydrogen-bond acceptors (Lipinski definition) is 15. The summed E-state index contributed by atoms with van der Waals surface area (Å²) in [5, 5.41) is 16.0. The van der Waals surface area contributed by atoms with Gasteiger partial charge in [0.25, 0.3) is 17.7 Å². The van der Waals surface area contributed by atoms with E-state index in [0.29, 0.717) is 50.1 Å². The van der Waals surface area contributed by atoms with Crippen LogP contribution in [0.25, 0.3) is 16.7 Å². The minimum absolute atomic E-state index is 0. The van der Waals surface area contributed by atoms with Crippen LogP contribution in [0.2, 0.25) is 0 Å². The second-order valence-corrected chi connectivity index (χ2v) is 35.0.